The minimum absolute atomic E-state index is 0.175. The van der Waals surface area contributed by atoms with Crippen LogP contribution in [-0.2, 0) is 11.2 Å². The van der Waals surface area contributed by atoms with Gasteiger partial charge in [-0.2, -0.15) is 0 Å². The number of nitrogens with one attached hydrogen (secondary N) is 1. The molecule has 4 nitrogen and oxygen atoms in total. The van der Waals surface area contributed by atoms with Crippen LogP contribution in [0.3, 0.4) is 0 Å². The number of anilines is 1. The Morgan fingerprint density at radius 2 is 1.89 bits per heavy atom. The molecule has 0 bridgehead atoms. The monoisotopic (exact) mass is 368 g/mol. The lowest BCUT2D eigenvalue weighted by molar-refractivity contribution is 0.0526. The van der Waals surface area contributed by atoms with Gasteiger partial charge in [0.1, 0.15) is 5.84 Å². The second-order valence-corrected chi connectivity index (χ2v) is 8.50. The number of benzene rings is 1. The van der Waals surface area contributed by atoms with E-state index in [4.69, 9.17) is 9.73 Å². The van der Waals surface area contributed by atoms with Crippen LogP contribution in [0.5, 0.6) is 0 Å². The lowest BCUT2D eigenvalue weighted by Gasteiger charge is -2.43. The number of aliphatic imine (C=N–C) groups is 1. The van der Waals surface area contributed by atoms with Crippen LogP contribution in [0.25, 0.3) is 0 Å². The van der Waals surface area contributed by atoms with E-state index in [1.807, 2.05) is 19.1 Å². The predicted molar refractivity (Wildman–Crippen MR) is 110 cm³/mol. The molecule has 1 aliphatic heterocycles. The average molecular weight is 369 g/mol. The number of rotatable bonds is 3. The van der Waals surface area contributed by atoms with Crippen molar-refractivity contribution in [2.45, 2.75) is 83.6 Å². The Bertz CT molecular complexity index is 713. The van der Waals surface area contributed by atoms with Crippen LogP contribution in [-0.4, -0.2) is 24.5 Å². The van der Waals surface area contributed by atoms with Crippen molar-refractivity contribution >= 4 is 17.5 Å². The van der Waals surface area contributed by atoms with Crippen LogP contribution in [0.2, 0.25) is 0 Å². The van der Waals surface area contributed by atoms with Crippen molar-refractivity contribution in [3.05, 3.63) is 29.3 Å². The van der Waals surface area contributed by atoms with Crippen molar-refractivity contribution in [2.75, 3.05) is 11.9 Å². The molecule has 1 spiro atoms. The van der Waals surface area contributed by atoms with Crippen LogP contribution in [0.1, 0.15) is 87.1 Å². The molecule has 2 aliphatic carbocycles. The number of fused-ring (bicyclic) bond motifs is 1. The van der Waals surface area contributed by atoms with E-state index < -0.39 is 0 Å². The molecule has 1 aromatic rings. The van der Waals surface area contributed by atoms with Gasteiger partial charge in [0.2, 0.25) is 0 Å². The lowest BCUT2D eigenvalue weighted by atomic mass is 9.67. The fourth-order valence-electron chi connectivity index (χ4n) is 5.10. The van der Waals surface area contributed by atoms with Crippen LogP contribution in [0.15, 0.2) is 23.2 Å². The molecule has 0 atom stereocenters. The van der Waals surface area contributed by atoms with E-state index in [2.05, 4.69) is 11.4 Å². The number of ether oxygens (including phenoxy) is 1. The fraction of sp³-hybridized carbons (Fsp3) is 0.652. The van der Waals surface area contributed by atoms with E-state index in [0.29, 0.717) is 18.2 Å². The number of esters is 1. The number of carbonyl (C=O) groups is 1. The molecule has 1 heterocycles. The molecule has 27 heavy (non-hydrogen) atoms. The van der Waals surface area contributed by atoms with Gasteiger partial charge in [0.25, 0.3) is 0 Å². The van der Waals surface area contributed by atoms with Gasteiger partial charge in [0, 0.05) is 11.1 Å². The third kappa shape index (κ3) is 3.90. The smallest absolute Gasteiger partial charge is 0.338 e. The maximum atomic E-state index is 12.1. The molecule has 0 radical (unpaired) electrons. The van der Waals surface area contributed by atoms with Gasteiger partial charge < -0.3 is 10.1 Å². The average Bonchev–Trinajstić information content (AvgIpc) is 2.70. The van der Waals surface area contributed by atoms with Gasteiger partial charge >= 0.3 is 5.97 Å². The molecule has 146 valence electrons. The van der Waals surface area contributed by atoms with Crippen LogP contribution in [0, 0.1) is 5.41 Å². The van der Waals surface area contributed by atoms with Gasteiger partial charge in [-0.25, -0.2) is 4.79 Å². The first-order valence-corrected chi connectivity index (χ1v) is 10.9. The molecule has 4 heteroatoms. The summed E-state index contributed by atoms with van der Waals surface area (Å²) >= 11 is 0. The minimum Gasteiger partial charge on any atom is -0.462 e. The second kappa shape index (κ2) is 8.04. The third-order valence-electron chi connectivity index (χ3n) is 6.60. The van der Waals surface area contributed by atoms with Gasteiger partial charge in [0.05, 0.1) is 18.2 Å². The number of hydrogen-bond acceptors (Lipinski definition) is 3. The number of nitrogens with zero attached hydrogens (tertiary/aromatic N) is 1. The highest BCUT2D eigenvalue weighted by Crippen LogP contribution is 2.45. The molecule has 0 aromatic heterocycles. The summed E-state index contributed by atoms with van der Waals surface area (Å²) in [6.07, 6.45) is 13.8. The highest BCUT2D eigenvalue weighted by molar-refractivity contribution is 6.04. The number of hydrogen-bond donors (Lipinski definition) is 1. The van der Waals surface area contributed by atoms with E-state index in [-0.39, 0.29) is 11.4 Å². The second-order valence-electron chi connectivity index (χ2n) is 8.50. The van der Waals surface area contributed by atoms with Crippen LogP contribution < -0.4 is 5.32 Å². The van der Waals surface area contributed by atoms with Crippen molar-refractivity contribution in [3.8, 4) is 0 Å². The van der Waals surface area contributed by atoms with E-state index in [1.165, 1.54) is 75.6 Å². The summed E-state index contributed by atoms with van der Waals surface area (Å²) in [5.74, 6) is 0.952. The summed E-state index contributed by atoms with van der Waals surface area (Å²) in [4.78, 5) is 17.4. The molecule has 4 rings (SSSR count). The minimum atomic E-state index is -0.245. The lowest BCUT2D eigenvalue weighted by Crippen LogP contribution is -2.44. The molecule has 0 saturated heterocycles. The molecule has 1 aromatic carbocycles. The van der Waals surface area contributed by atoms with Gasteiger partial charge in [0.15, 0.2) is 0 Å². The first kappa shape index (κ1) is 18.5. The highest BCUT2D eigenvalue weighted by atomic mass is 16.5. The van der Waals surface area contributed by atoms with Crippen LogP contribution >= 0.6 is 0 Å². The van der Waals surface area contributed by atoms with Crippen molar-refractivity contribution in [2.24, 2.45) is 10.4 Å². The highest BCUT2D eigenvalue weighted by Gasteiger charge is 2.41. The SMILES string of the molecule is CCOC(=O)c1ccc2c(c1)NC(=NC1CCCCC1)C1(CCCCC1)C2. The quantitative estimate of drug-likeness (QED) is 0.715. The standard InChI is InChI=1S/C23H32N2O2/c1-2-27-21(26)17-11-12-18-16-23(13-7-4-8-14-23)22(25-20(18)15-17)24-19-9-5-3-6-10-19/h11-12,15,19H,2-10,13-14,16H2,1H3,(H,24,25). The zero-order valence-corrected chi connectivity index (χ0v) is 16.6. The Labute approximate surface area is 162 Å². The maximum absolute atomic E-state index is 12.1. The van der Waals surface area contributed by atoms with Crippen molar-refractivity contribution < 1.29 is 9.53 Å². The zero-order valence-electron chi connectivity index (χ0n) is 16.6. The first-order valence-electron chi connectivity index (χ1n) is 10.9. The van der Waals surface area contributed by atoms with Crippen LogP contribution in [0.4, 0.5) is 5.69 Å². The van der Waals surface area contributed by atoms with Gasteiger partial charge in [-0.1, -0.05) is 44.6 Å². The molecule has 3 aliphatic rings. The molecular formula is C23H32N2O2. The Kier molecular flexibility index (Phi) is 5.51. The van der Waals surface area contributed by atoms with E-state index >= 15 is 0 Å². The number of amidine groups is 1. The summed E-state index contributed by atoms with van der Waals surface area (Å²) < 4.78 is 5.18. The Morgan fingerprint density at radius 1 is 1.15 bits per heavy atom. The van der Waals surface area contributed by atoms with Crippen molar-refractivity contribution in [3.63, 3.8) is 0 Å². The van der Waals surface area contributed by atoms with E-state index in [0.717, 1.165) is 12.1 Å². The molecule has 2 saturated carbocycles. The largest absolute Gasteiger partial charge is 0.462 e. The summed E-state index contributed by atoms with van der Waals surface area (Å²) in [6, 6.07) is 6.45. The summed E-state index contributed by atoms with van der Waals surface area (Å²) in [5.41, 5.74) is 3.16. The summed E-state index contributed by atoms with van der Waals surface area (Å²) in [5, 5.41) is 3.68. The van der Waals surface area contributed by atoms with E-state index in [1.54, 1.807) is 0 Å². The zero-order chi connectivity index (χ0) is 18.7. The third-order valence-corrected chi connectivity index (χ3v) is 6.60. The Morgan fingerprint density at radius 3 is 2.63 bits per heavy atom. The van der Waals surface area contributed by atoms with Gasteiger partial charge in [-0.3, -0.25) is 4.99 Å². The molecule has 0 amide bonds. The van der Waals surface area contributed by atoms with Crippen molar-refractivity contribution in [1.29, 1.82) is 0 Å². The normalized spacial score (nSPS) is 23.7. The molecule has 1 N–H and O–H groups in total. The Hall–Kier alpha value is -1.84. The molecule has 0 unspecified atom stereocenters. The van der Waals surface area contributed by atoms with E-state index in [9.17, 15) is 4.79 Å². The van der Waals surface area contributed by atoms with Gasteiger partial charge in [-0.15, -0.1) is 0 Å². The number of carbonyl (C=O) groups excluding carboxylic acids is 1. The fourth-order valence-corrected chi connectivity index (χ4v) is 5.10. The first-order chi connectivity index (χ1) is 13.2. The van der Waals surface area contributed by atoms with Crippen molar-refractivity contribution in [1.82, 2.24) is 0 Å². The summed E-state index contributed by atoms with van der Waals surface area (Å²) in [6.45, 7) is 2.25. The maximum Gasteiger partial charge on any atom is 0.338 e. The molecular weight excluding hydrogens is 336 g/mol. The predicted octanol–water partition coefficient (Wildman–Crippen LogP) is 5.51. The topological polar surface area (TPSA) is 50.7 Å². The molecule has 2 fully saturated rings. The van der Waals surface area contributed by atoms with Gasteiger partial charge in [-0.05, 0) is 56.7 Å². The summed E-state index contributed by atoms with van der Waals surface area (Å²) in [7, 11) is 0. The Balaban J connectivity index is 1.66.